The van der Waals surface area contributed by atoms with Crippen molar-refractivity contribution >= 4 is 22.4 Å². The van der Waals surface area contributed by atoms with Crippen LogP contribution in [-0.4, -0.2) is 23.1 Å². The van der Waals surface area contributed by atoms with Gasteiger partial charge in [0.25, 0.3) is 0 Å². The molecule has 0 aliphatic carbocycles. The molecule has 0 saturated carbocycles. The fourth-order valence-electron chi connectivity index (χ4n) is 2.52. The van der Waals surface area contributed by atoms with Crippen LogP contribution in [0.25, 0.3) is 0 Å². The Labute approximate surface area is 113 Å². The first-order valence-electron chi connectivity index (χ1n) is 6.67. The molecule has 18 heavy (non-hydrogen) atoms. The summed E-state index contributed by atoms with van der Waals surface area (Å²) in [6.07, 6.45) is 2.57. The zero-order chi connectivity index (χ0) is 13.3. The lowest BCUT2D eigenvalue weighted by atomic mass is 9.93. The lowest BCUT2D eigenvalue weighted by Crippen LogP contribution is -2.40. The first kappa shape index (κ1) is 13.5. The highest BCUT2D eigenvalue weighted by Gasteiger charge is 2.28. The number of anilines is 2. The monoisotopic (exact) mass is 269 g/mol. The van der Waals surface area contributed by atoms with Gasteiger partial charge in [0.2, 0.25) is 0 Å². The predicted octanol–water partition coefficient (Wildman–Crippen LogP) is 3.14. The van der Waals surface area contributed by atoms with Gasteiger partial charge in [-0.15, -0.1) is 0 Å². The maximum absolute atomic E-state index is 5.92. The van der Waals surface area contributed by atoms with Crippen molar-refractivity contribution in [3.8, 4) is 5.75 Å². The second-order valence-corrected chi connectivity index (χ2v) is 6.29. The molecule has 5 heteroatoms. The van der Waals surface area contributed by atoms with Crippen LogP contribution in [0.1, 0.15) is 40.5 Å². The molecule has 1 aromatic heterocycles. The van der Waals surface area contributed by atoms with Crippen molar-refractivity contribution in [2.45, 2.75) is 52.7 Å². The first-order chi connectivity index (χ1) is 8.49. The quantitative estimate of drug-likeness (QED) is 0.916. The highest BCUT2D eigenvalue weighted by Crippen LogP contribution is 2.42. The van der Waals surface area contributed by atoms with Crippen molar-refractivity contribution in [3.05, 3.63) is 0 Å². The largest absolute Gasteiger partial charge is 0.484 e. The molecule has 0 aromatic carbocycles. The number of nitrogen functional groups attached to an aromatic ring is 1. The molecule has 1 aromatic rings. The molecule has 1 aliphatic heterocycles. The maximum atomic E-state index is 5.92. The first-order valence-corrected chi connectivity index (χ1v) is 7.44. The molecule has 0 spiro atoms. The number of rotatable bonds is 3. The van der Waals surface area contributed by atoms with E-state index in [2.05, 4.69) is 23.1 Å². The van der Waals surface area contributed by atoms with Crippen LogP contribution < -0.4 is 15.4 Å². The summed E-state index contributed by atoms with van der Waals surface area (Å²) in [6.45, 7) is 9.69. The van der Waals surface area contributed by atoms with Crippen LogP contribution in [-0.2, 0) is 0 Å². The summed E-state index contributed by atoms with van der Waals surface area (Å²) in [5, 5.41) is 1.10. The predicted molar refractivity (Wildman–Crippen MR) is 77.5 cm³/mol. The minimum Gasteiger partial charge on any atom is -0.484 e. The Balaban J connectivity index is 2.22. The molecule has 2 heterocycles. The van der Waals surface area contributed by atoms with Crippen molar-refractivity contribution < 1.29 is 4.74 Å². The van der Waals surface area contributed by atoms with Gasteiger partial charge in [-0.2, -0.15) is 4.37 Å². The molecule has 2 rings (SSSR count). The molecule has 102 valence electrons. The molecule has 1 fully saturated rings. The van der Waals surface area contributed by atoms with E-state index >= 15 is 0 Å². The zero-order valence-electron chi connectivity index (χ0n) is 11.6. The lowest BCUT2D eigenvalue weighted by molar-refractivity contribution is 0.243. The number of ether oxygens (including phenoxy) is 1. The van der Waals surface area contributed by atoms with Crippen LogP contribution >= 0.6 is 11.5 Å². The molecule has 2 atom stereocenters. The number of hydrogen-bond donors (Lipinski definition) is 1. The average molecular weight is 269 g/mol. The van der Waals surface area contributed by atoms with Crippen LogP contribution in [0.5, 0.6) is 5.75 Å². The van der Waals surface area contributed by atoms with Crippen molar-refractivity contribution in [3.63, 3.8) is 0 Å². The van der Waals surface area contributed by atoms with E-state index in [1.165, 1.54) is 24.4 Å². The van der Waals surface area contributed by atoms with E-state index in [4.69, 9.17) is 10.5 Å². The number of aromatic nitrogens is 1. The van der Waals surface area contributed by atoms with Gasteiger partial charge in [-0.05, 0) is 51.1 Å². The van der Waals surface area contributed by atoms with Crippen molar-refractivity contribution in [1.82, 2.24) is 4.37 Å². The minimum atomic E-state index is 0.126. The average Bonchev–Trinajstić information content (AvgIpc) is 2.60. The normalized spacial score (nSPS) is 24.6. The summed E-state index contributed by atoms with van der Waals surface area (Å²) in [5.74, 6) is 2.10. The van der Waals surface area contributed by atoms with E-state index in [0.717, 1.165) is 23.2 Å². The summed E-state index contributed by atoms with van der Waals surface area (Å²) in [6, 6.07) is 0.531. The Bertz CT molecular complexity index is 405. The Kier molecular flexibility index (Phi) is 4.00. The fraction of sp³-hybridized carbons (Fsp3) is 0.769. The Morgan fingerprint density at radius 3 is 2.78 bits per heavy atom. The smallest absolute Gasteiger partial charge is 0.198 e. The molecule has 4 nitrogen and oxygen atoms in total. The molecule has 0 radical (unpaired) electrons. The SMILES string of the molecule is CC1CCN(c2snc(N)c2OC(C)C)C(C)C1. The third-order valence-electron chi connectivity index (χ3n) is 3.41. The zero-order valence-corrected chi connectivity index (χ0v) is 12.5. The van der Waals surface area contributed by atoms with Gasteiger partial charge in [0.1, 0.15) is 0 Å². The molecular weight excluding hydrogens is 246 g/mol. The molecule has 0 amide bonds. The van der Waals surface area contributed by atoms with E-state index in [1.807, 2.05) is 13.8 Å². The molecule has 2 N–H and O–H groups in total. The van der Waals surface area contributed by atoms with Gasteiger partial charge in [-0.1, -0.05) is 6.92 Å². The van der Waals surface area contributed by atoms with Crippen molar-refractivity contribution in [2.75, 3.05) is 17.2 Å². The summed E-state index contributed by atoms with van der Waals surface area (Å²) in [5.41, 5.74) is 5.92. The Morgan fingerprint density at radius 1 is 1.44 bits per heavy atom. The van der Waals surface area contributed by atoms with Crippen molar-refractivity contribution in [1.29, 1.82) is 0 Å². The number of hydrogen-bond acceptors (Lipinski definition) is 5. The van der Waals surface area contributed by atoms with E-state index in [-0.39, 0.29) is 6.10 Å². The maximum Gasteiger partial charge on any atom is 0.198 e. The van der Waals surface area contributed by atoms with Crippen LogP contribution in [0.2, 0.25) is 0 Å². The summed E-state index contributed by atoms with van der Waals surface area (Å²) < 4.78 is 10.1. The number of nitrogens with zero attached hydrogens (tertiary/aromatic N) is 2. The van der Waals surface area contributed by atoms with Gasteiger partial charge in [0.15, 0.2) is 16.6 Å². The van der Waals surface area contributed by atoms with Gasteiger partial charge in [0, 0.05) is 12.6 Å². The van der Waals surface area contributed by atoms with Gasteiger partial charge in [-0.25, -0.2) is 0 Å². The molecule has 0 bridgehead atoms. The van der Waals surface area contributed by atoms with Crippen LogP contribution in [0, 0.1) is 5.92 Å². The second kappa shape index (κ2) is 5.34. The Hall–Kier alpha value is -0.970. The van der Waals surface area contributed by atoms with Gasteiger partial charge < -0.3 is 15.4 Å². The van der Waals surface area contributed by atoms with E-state index < -0.39 is 0 Å². The standard InChI is InChI=1S/C13H23N3OS/c1-8(2)17-11-12(14)15-18-13(11)16-6-5-9(3)7-10(16)4/h8-10H,5-7H2,1-4H3,(H2,14,15). The number of nitrogens with two attached hydrogens (primary N) is 1. The van der Waals surface area contributed by atoms with Crippen molar-refractivity contribution in [2.24, 2.45) is 5.92 Å². The fourth-order valence-corrected chi connectivity index (χ4v) is 3.40. The second-order valence-electron chi connectivity index (χ2n) is 5.54. The molecule has 1 aliphatic rings. The van der Waals surface area contributed by atoms with Crippen LogP contribution in [0.3, 0.4) is 0 Å². The third-order valence-corrected chi connectivity index (χ3v) is 4.29. The molecule has 1 saturated heterocycles. The van der Waals surface area contributed by atoms with Crippen LogP contribution in [0.15, 0.2) is 0 Å². The highest BCUT2D eigenvalue weighted by atomic mass is 32.1. The molecular formula is C13H23N3OS. The van der Waals surface area contributed by atoms with Gasteiger partial charge in [0.05, 0.1) is 6.10 Å². The summed E-state index contributed by atoms with van der Waals surface area (Å²) in [4.78, 5) is 2.39. The van der Waals surface area contributed by atoms with E-state index in [0.29, 0.717) is 11.9 Å². The highest BCUT2D eigenvalue weighted by molar-refractivity contribution is 7.11. The molecule has 2 unspecified atom stereocenters. The van der Waals surface area contributed by atoms with E-state index in [1.54, 1.807) is 0 Å². The van der Waals surface area contributed by atoms with E-state index in [9.17, 15) is 0 Å². The topological polar surface area (TPSA) is 51.4 Å². The Morgan fingerprint density at radius 2 is 2.17 bits per heavy atom. The summed E-state index contributed by atoms with van der Waals surface area (Å²) in [7, 11) is 0. The summed E-state index contributed by atoms with van der Waals surface area (Å²) >= 11 is 1.46. The minimum absolute atomic E-state index is 0.126. The van der Waals surface area contributed by atoms with Gasteiger partial charge in [-0.3, -0.25) is 0 Å². The van der Waals surface area contributed by atoms with Gasteiger partial charge >= 0.3 is 0 Å². The third kappa shape index (κ3) is 2.71. The lowest BCUT2D eigenvalue weighted by Gasteiger charge is -2.37. The number of piperidine rings is 1. The van der Waals surface area contributed by atoms with Crippen LogP contribution in [0.4, 0.5) is 10.8 Å².